The summed E-state index contributed by atoms with van der Waals surface area (Å²) in [6.07, 6.45) is 0. The van der Waals surface area contributed by atoms with E-state index in [-0.39, 0.29) is 5.91 Å². The summed E-state index contributed by atoms with van der Waals surface area (Å²) < 4.78 is 5.95. The standard InChI is InChI=1S/C18H21NO2/c1-4-19(5-2)18(20)15-11-7-9-13-17(15)21-16-12-8-6-10-14(16)3/h6-13H,4-5H2,1-3H3. The highest BCUT2D eigenvalue weighted by atomic mass is 16.5. The average molecular weight is 283 g/mol. The van der Waals surface area contributed by atoms with Crippen molar-refractivity contribution in [3.8, 4) is 11.5 Å². The SMILES string of the molecule is CCN(CC)C(=O)c1ccccc1Oc1ccccc1C. The van der Waals surface area contributed by atoms with Gasteiger partial charge in [-0.1, -0.05) is 30.3 Å². The molecule has 21 heavy (non-hydrogen) atoms. The summed E-state index contributed by atoms with van der Waals surface area (Å²) in [5.74, 6) is 1.38. The summed E-state index contributed by atoms with van der Waals surface area (Å²) in [6.45, 7) is 7.32. The van der Waals surface area contributed by atoms with Gasteiger partial charge in [0.2, 0.25) is 0 Å². The lowest BCUT2D eigenvalue weighted by Gasteiger charge is -2.20. The lowest BCUT2D eigenvalue weighted by Crippen LogP contribution is -2.30. The number of amides is 1. The summed E-state index contributed by atoms with van der Waals surface area (Å²) in [6, 6.07) is 15.2. The molecule has 2 aromatic rings. The first-order chi connectivity index (χ1) is 10.2. The van der Waals surface area contributed by atoms with Crippen LogP contribution in [-0.2, 0) is 0 Å². The normalized spacial score (nSPS) is 10.2. The van der Waals surface area contributed by atoms with Gasteiger partial charge >= 0.3 is 0 Å². The number of benzene rings is 2. The predicted octanol–water partition coefficient (Wildman–Crippen LogP) is 4.27. The van der Waals surface area contributed by atoms with Gasteiger partial charge in [0.15, 0.2) is 0 Å². The van der Waals surface area contributed by atoms with E-state index in [9.17, 15) is 4.79 Å². The van der Waals surface area contributed by atoms with E-state index >= 15 is 0 Å². The highest BCUT2D eigenvalue weighted by Gasteiger charge is 2.17. The minimum Gasteiger partial charge on any atom is -0.456 e. The first-order valence-corrected chi connectivity index (χ1v) is 7.29. The molecule has 0 spiro atoms. The van der Waals surface area contributed by atoms with Crippen molar-refractivity contribution in [2.24, 2.45) is 0 Å². The second kappa shape index (κ2) is 6.93. The molecule has 0 heterocycles. The Morgan fingerprint density at radius 1 is 0.952 bits per heavy atom. The summed E-state index contributed by atoms with van der Waals surface area (Å²) in [5.41, 5.74) is 1.65. The fourth-order valence-corrected chi connectivity index (χ4v) is 2.20. The highest BCUT2D eigenvalue weighted by Crippen LogP contribution is 2.28. The smallest absolute Gasteiger partial charge is 0.257 e. The van der Waals surface area contributed by atoms with Crippen molar-refractivity contribution in [3.63, 3.8) is 0 Å². The maximum Gasteiger partial charge on any atom is 0.257 e. The molecular weight excluding hydrogens is 262 g/mol. The number of ether oxygens (including phenoxy) is 1. The molecule has 0 radical (unpaired) electrons. The van der Waals surface area contributed by atoms with Crippen LogP contribution in [0.15, 0.2) is 48.5 Å². The minimum absolute atomic E-state index is 0.00387. The Bertz CT molecular complexity index is 618. The van der Waals surface area contributed by atoms with Gasteiger partial charge in [-0.05, 0) is 44.5 Å². The van der Waals surface area contributed by atoms with Crippen molar-refractivity contribution in [2.75, 3.05) is 13.1 Å². The van der Waals surface area contributed by atoms with E-state index in [0.717, 1.165) is 11.3 Å². The Morgan fingerprint density at radius 2 is 1.52 bits per heavy atom. The molecule has 3 heteroatoms. The molecule has 0 aliphatic heterocycles. The van der Waals surface area contributed by atoms with Gasteiger partial charge in [-0.25, -0.2) is 0 Å². The minimum atomic E-state index is 0.00387. The molecule has 0 bridgehead atoms. The topological polar surface area (TPSA) is 29.5 Å². The molecule has 2 rings (SSSR count). The first kappa shape index (κ1) is 15.1. The molecule has 0 aliphatic carbocycles. The van der Waals surface area contributed by atoms with Crippen LogP contribution in [-0.4, -0.2) is 23.9 Å². The van der Waals surface area contributed by atoms with E-state index < -0.39 is 0 Å². The van der Waals surface area contributed by atoms with E-state index in [2.05, 4.69) is 0 Å². The van der Waals surface area contributed by atoms with Crippen LogP contribution in [0.25, 0.3) is 0 Å². The van der Waals surface area contributed by atoms with Crippen LogP contribution in [0.2, 0.25) is 0 Å². The van der Waals surface area contributed by atoms with Crippen LogP contribution < -0.4 is 4.74 Å². The van der Waals surface area contributed by atoms with Crippen LogP contribution in [0, 0.1) is 6.92 Å². The van der Waals surface area contributed by atoms with Crippen LogP contribution in [0.5, 0.6) is 11.5 Å². The fourth-order valence-electron chi connectivity index (χ4n) is 2.20. The van der Waals surface area contributed by atoms with Crippen LogP contribution in [0.3, 0.4) is 0 Å². The Balaban J connectivity index is 2.33. The zero-order valence-electron chi connectivity index (χ0n) is 12.8. The van der Waals surface area contributed by atoms with Crippen LogP contribution in [0.4, 0.5) is 0 Å². The molecule has 0 aromatic heterocycles. The van der Waals surface area contributed by atoms with Crippen molar-refractivity contribution >= 4 is 5.91 Å². The number of hydrogen-bond donors (Lipinski definition) is 0. The van der Waals surface area contributed by atoms with Gasteiger partial charge < -0.3 is 9.64 Å². The summed E-state index contributed by atoms with van der Waals surface area (Å²) in [4.78, 5) is 14.3. The van der Waals surface area contributed by atoms with Crippen molar-refractivity contribution in [1.29, 1.82) is 0 Å². The largest absolute Gasteiger partial charge is 0.456 e. The van der Waals surface area contributed by atoms with Gasteiger partial charge in [-0.15, -0.1) is 0 Å². The quantitative estimate of drug-likeness (QED) is 0.820. The fraction of sp³-hybridized carbons (Fsp3) is 0.278. The second-order valence-electron chi connectivity index (χ2n) is 4.84. The molecule has 0 aliphatic rings. The number of nitrogens with zero attached hydrogens (tertiary/aromatic N) is 1. The third-order valence-corrected chi connectivity index (χ3v) is 3.48. The monoisotopic (exact) mass is 283 g/mol. The van der Waals surface area contributed by atoms with Gasteiger partial charge in [-0.2, -0.15) is 0 Å². The van der Waals surface area contributed by atoms with Crippen molar-refractivity contribution in [3.05, 3.63) is 59.7 Å². The lowest BCUT2D eigenvalue weighted by atomic mass is 10.1. The zero-order chi connectivity index (χ0) is 15.2. The number of carbonyl (C=O) groups excluding carboxylic acids is 1. The highest BCUT2D eigenvalue weighted by molar-refractivity contribution is 5.97. The molecule has 0 atom stereocenters. The van der Waals surface area contributed by atoms with Gasteiger partial charge in [0.05, 0.1) is 5.56 Å². The summed E-state index contributed by atoms with van der Waals surface area (Å²) >= 11 is 0. The number of aryl methyl sites for hydroxylation is 1. The van der Waals surface area contributed by atoms with E-state index in [1.807, 2.05) is 69.3 Å². The van der Waals surface area contributed by atoms with E-state index in [1.165, 1.54) is 0 Å². The molecule has 0 N–H and O–H groups in total. The van der Waals surface area contributed by atoms with Gasteiger partial charge in [-0.3, -0.25) is 4.79 Å². The molecule has 2 aromatic carbocycles. The Morgan fingerprint density at radius 3 is 2.14 bits per heavy atom. The molecule has 0 fully saturated rings. The third-order valence-electron chi connectivity index (χ3n) is 3.48. The van der Waals surface area contributed by atoms with Gasteiger partial charge in [0, 0.05) is 13.1 Å². The van der Waals surface area contributed by atoms with Crippen LogP contribution >= 0.6 is 0 Å². The van der Waals surface area contributed by atoms with Crippen LogP contribution in [0.1, 0.15) is 29.8 Å². The van der Waals surface area contributed by atoms with Crippen molar-refractivity contribution < 1.29 is 9.53 Å². The maximum absolute atomic E-state index is 12.5. The Hall–Kier alpha value is -2.29. The van der Waals surface area contributed by atoms with Crippen molar-refractivity contribution in [1.82, 2.24) is 4.90 Å². The molecule has 3 nitrogen and oxygen atoms in total. The molecule has 0 unspecified atom stereocenters. The van der Waals surface area contributed by atoms with E-state index in [1.54, 1.807) is 4.90 Å². The Kier molecular flexibility index (Phi) is 4.99. The van der Waals surface area contributed by atoms with E-state index in [0.29, 0.717) is 24.4 Å². The predicted molar refractivity (Wildman–Crippen MR) is 84.9 cm³/mol. The number of carbonyl (C=O) groups is 1. The maximum atomic E-state index is 12.5. The van der Waals surface area contributed by atoms with Crippen molar-refractivity contribution in [2.45, 2.75) is 20.8 Å². The zero-order valence-corrected chi connectivity index (χ0v) is 12.8. The van der Waals surface area contributed by atoms with Gasteiger partial charge in [0.25, 0.3) is 5.91 Å². The summed E-state index contributed by atoms with van der Waals surface area (Å²) in [5, 5.41) is 0. The molecular formula is C18H21NO2. The lowest BCUT2D eigenvalue weighted by molar-refractivity contribution is 0.0770. The average Bonchev–Trinajstić information content (AvgIpc) is 2.51. The third kappa shape index (κ3) is 3.43. The van der Waals surface area contributed by atoms with E-state index in [4.69, 9.17) is 4.74 Å². The number of rotatable bonds is 5. The number of para-hydroxylation sites is 2. The summed E-state index contributed by atoms with van der Waals surface area (Å²) in [7, 11) is 0. The van der Waals surface area contributed by atoms with Gasteiger partial charge in [0.1, 0.15) is 11.5 Å². The number of hydrogen-bond acceptors (Lipinski definition) is 2. The molecule has 1 amide bonds. The Labute approximate surface area is 126 Å². The molecule has 0 saturated heterocycles. The first-order valence-electron chi connectivity index (χ1n) is 7.29. The molecule has 0 saturated carbocycles. The molecule has 110 valence electrons. The second-order valence-corrected chi connectivity index (χ2v) is 4.84.